The summed E-state index contributed by atoms with van der Waals surface area (Å²) in [5.74, 6) is 0. The van der Waals surface area contributed by atoms with Gasteiger partial charge in [-0.15, -0.1) is 0 Å². The van der Waals surface area contributed by atoms with E-state index in [1.165, 1.54) is 0 Å². The molecule has 1 aromatic heterocycles. The van der Waals surface area contributed by atoms with Crippen molar-refractivity contribution in [1.29, 1.82) is 0 Å². The van der Waals surface area contributed by atoms with Crippen molar-refractivity contribution >= 4 is 6.09 Å². The number of pyridine rings is 1. The molecule has 0 aliphatic carbocycles. The van der Waals surface area contributed by atoms with E-state index in [1.807, 2.05) is 6.92 Å². The van der Waals surface area contributed by atoms with Gasteiger partial charge in [-0.3, -0.25) is 4.79 Å². The van der Waals surface area contributed by atoms with Gasteiger partial charge < -0.3 is 15.4 Å². The van der Waals surface area contributed by atoms with Crippen LogP contribution in [0.5, 0.6) is 0 Å². The number of carboxylic acid groups (broad SMARTS) is 1. The summed E-state index contributed by atoms with van der Waals surface area (Å²) in [6, 6.07) is 1.65. The molecule has 0 fully saturated rings. The Bertz CT molecular complexity index is 370. The summed E-state index contributed by atoms with van der Waals surface area (Å²) in [5.41, 5.74) is 1.04. The van der Waals surface area contributed by atoms with E-state index in [1.54, 1.807) is 12.3 Å². The van der Waals surface area contributed by atoms with Crippen LogP contribution in [-0.2, 0) is 6.54 Å². The van der Waals surface area contributed by atoms with Gasteiger partial charge in [0, 0.05) is 11.8 Å². The van der Waals surface area contributed by atoms with E-state index in [-0.39, 0.29) is 12.1 Å². The zero-order valence-corrected chi connectivity index (χ0v) is 7.13. The summed E-state index contributed by atoms with van der Waals surface area (Å²) in [6.07, 6.45) is 0.438. The monoisotopic (exact) mass is 182 g/mol. The summed E-state index contributed by atoms with van der Waals surface area (Å²) < 4.78 is 0. The van der Waals surface area contributed by atoms with Gasteiger partial charge in [0.1, 0.15) is 0 Å². The number of aromatic nitrogens is 1. The number of aryl methyl sites for hydroxylation is 1. The Morgan fingerprint density at radius 3 is 3.00 bits per heavy atom. The second-order valence-corrected chi connectivity index (χ2v) is 2.69. The van der Waals surface area contributed by atoms with Crippen LogP contribution in [0.1, 0.15) is 11.1 Å². The van der Waals surface area contributed by atoms with Crippen molar-refractivity contribution in [2.75, 3.05) is 0 Å². The van der Waals surface area contributed by atoms with Crippen molar-refractivity contribution in [2.24, 2.45) is 0 Å². The van der Waals surface area contributed by atoms with E-state index in [9.17, 15) is 9.59 Å². The van der Waals surface area contributed by atoms with Gasteiger partial charge in [0.15, 0.2) is 0 Å². The molecule has 1 heterocycles. The molecule has 0 radical (unpaired) electrons. The molecule has 0 aliphatic rings. The van der Waals surface area contributed by atoms with Crippen LogP contribution in [0, 0.1) is 6.92 Å². The first-order valence-corrected chi connectivity index (χ1v) is 3.74. The Labute approximate surface area is 74.4 Å². The predicted octanol–water partition coefficient (Wildman–Crippen LogP) is 0.451. The van der Waals surface area contributed by atoms with Crippen LogP contribution in [0.25, 0.3) is 0 Å². The molecule has 0 bridgehead atoms. The van der Waals surface area contributed by atoms with Crippen molar-refractivity contribution in [1.82, 2.24) is 10.3 Å². The molecule has 0 spiro atoms. The number of aromatic amines is 1. The van der Waals surface area contributed by atoms with Gasteiger partial charge >= 0.3 is 6.09 Å². The minimum Gasteiger partial charge on any atom is -0.465 e. The first-order valence-electron chi connectivity index (χ1n) is 3.74. The maximum Gasteiger partial charge on any atom is 0.404 e. The third kappa shape index (κ3) is 2.62. The molecule has 1 rings (SSSR count). The van der Waals surface area contributed by atoms with Crippen molar-refractivity contribution in [3.8, 4) is 0 Å². The lowest BCUT2D eigenvalue weighted by molar-refractivity contribution is 0.194. The van der Waals surface area contributed by atoms with Crippen LogP contribution < -0.4 is 10.9 Å². The highest BCUT2D eigenvalue weighted by Crippen LogP contribution is 1.95. The topological polar surface area (TPSA) is 82.2 Å². The van der Waals surface area contributed by atoms with Crippen molar-refractivity contribution in [3.63, 3.8) is 0 Å². The van der Waals surface area contributed by atoms with Gasteiger partial charge in [-0.05, 0) is 18.6 Å². The van der Waals surface area contributed by atoms with Gasteiger partial charge in [0.25, 0.3) is 5.56 Å². The number of hydrogen-bond donors (Lipinski definition) is 3. The van der Waals surface area contributed by atoms with Crippen molar-refractivity contribution in [3.05, 3.63) is 33.7 Å². The molecule has 0 unspecified atom stereocenters. The number of H-pyrrole nitrogens is 1. The summed E-state index contributed by atoms with van der Waals surface area (Å²) in [5, 5.41) is 10.4. The molecular formula is C8H10N2O3. The third-order valence-electron chi connectivity index (χ3n) is 1.55. The molecule has 13 heavy (non-hydrogen) atoms. The summed E-state index contributed by atoms with van der Waals surface area (Å²) in [6.45, 7) is 1.85. The molecule has 70 valence electrons. The van der Waals surface area contributed by atoms with Crippen molar-refractivity contribution < 1.29 is 9.90 Å². The molecular weight excluding hydrogens is 172 g/mol. The quantitative estimate of drug-likeness (QED) is 0.621. The minimum absolute atomic E-state index is 0.0341. The van der Waals surface area contributed by atoms with Crippen molar-refractivity contribution in [2.45, 2.75) is 13.5 Å². The fourth-order valence-corrected chi connectivity index (χ4v) is 0.956. The second kappa shape index (κ2) is 3.75. The molecule has 1 aromatic rings. The lowest BCUT2D eigenvalue weighted by Gasteiger charge is -2.00. The van der Waals surface area contributed by atoms with Crippen LogP contribution in [0.3, 0.4) is 0 Å². The van der Waals surface area contributed by atoms with Crippen LogP contribution in [0.4, 0.5) is 4.79 Å². The SMILES string of the molecule is Cc1c[nH]c(=O)c(CNC(=O)O)c1. The summed E-state index contributed by atoms with van der Waals surface area (Å²) in [7, 11) is 0. The molecule has 3 N–H and O–H groups in total. The zero-order valence-electron chi connectivity index (χ0n) is 7.13. The van der Waals surface area contributed by atoms with Gasteiger partial charge in [0.05, 0.1) is 6.54 Å². The van der Waals surface area contributed by atoms with Gasteiger partial charge in [-0.2, -0.15) is 0 Å². The van der Waals surface area contributed by atoms with E-state index in [0.29, 0.717) is 5.56 Å². The Morgan fingerprint density at radius 1 is 1.69 bits per heavy atom. The predicted molar refractivity (Wildman–Crippen MR) is 46.7 cm³/mol. The highest BCUT2D eigenvalue weighted by atomic mass is 16.4. The van der Waals surface area contributed by atoms with E-state index in [4.69, 9.17) is 5.11 Å². The average Bonchev–Trinajstić information content (AvgIpc) is 2.06. The number of carbonyl (C=O) groups is 1. The molecule has 0 atom stereocenters. The summed E-state index contributed by atoms with van der Waals surface area (Å²) >= 11 is 0. The first-order chi connectivity index (χ1) is 6.09. The van der Waals surface area contributed by atoms with Crippen LogP contribution in [0.15, 0.2) is 17.1 Å². The Kier molecular flexibility index (Phi) is 2.69. The number of hydrogen-bond acceptors (Lipinski definition) is 2. The fraction of sp³-hybridized carbons (Fsp3) is 0.250. The van der Waals surface area contributed by atoms with Gasteiger partial charge in [-0.1, -0.05) is 0 Å². The van der Waals surface area contributed by atoms with E-state index >= 15 is 0 Å². The average molecular weight is 182 g/mol. The Hall–Kier alpha value is -1.78. The smallest absolute Gasteiger partial charge is 0.404 e. The summed E-state index contributed by atoms with van der Waals surface area (Å²) in [4.78, 5) is 23.7. The fourth-order valence-electron chi connectivity index (χ4n) is 0.956. The van der Waals surface area contributed by atoms with Crippen LogP contribution in [-0.4, -0.2) is 16.2 Å². The molecule has 1 amide bonds. The normalized spacial score (nSPS) is 9.62. The molecule has 0 saturated heterocycles. The maximum atomic E-state index is 11.1. The highest BCUT2D eigenvalue weighted by molar-refractivity contribution is 5.64. The van der Waals surface area contributed by atoms with E-state index in [2.05, 4.69) is 10.3 Å². The van der Waals surface area contributed by atoms with Crippen LogP contribution in [0.2, 0.25) is 0 Å². The molecule has 0 aliphatic heterocycles. The molecule has 0 aromatic carbocycles. The number of rotatable bonds is 2. The standard InChI is InChI=1S/C8H10N2O3/c1-5-2-6(4-10-8(12)13)7(11)9-3-5/h2-3,10H,4H2,1H3,(H,9,11)(H,12,13). The Morgan fingerprint density at radius 2 is 2.38 bits per heavy atom. The van der Waals surface area contributed by atoms with E-state index in [0.717, 1.165) is 5.56 Å². The minimum atomic E-state index is -1.14. The van der Waals surface area contributed by atoms with E-state index < -0.39 is 6.09 Å². The van der Waals surface area contributed by atoms with Gasteiger partial charge in [-0.25, -0.2) is 4.79 Å². The molecule has 5 nitrogen and oxygen atoms in total. The number of nitrogens with one attached hydrogen (secondary N) is 2. The highest BCUT2D eigenvalue weighted by Gasteiger charge is 2.01. The number of amides is 1. The third-order valence-corrected chi connectivity index (χ3v) is 1.55. The largest absolute Gasteiger partial charge is 0.465 e. The maximum absolute atomic E-state index is 11.1. The van der Waals surface area contributed by atoms with Crippen LogP contribution >= 0.6 is 0 Å². The Balaban J connectivity index is 2.82. The first kappa shape index (κ1) is 9.31. The molecule has 5 heteroatoms. The lowest BCUT2D eigenvalue weighted by atomic mass is 10.2. The lowest BCUT2D eigenvalue weighted by Crippen LogP contribution is -2.25. The zero-order chi connectivity index (χ0) is 9.84. The molecule has 0 saturated carbocycles. The second-order valence-electron chi connectivity index (χ2n) is 2.69. The van der Waals surface area contributed by atoms with Gasteiger partial charge in [0.2, 0.25) is 0 Å².